The van der Waals surface area contributed by atoms with Gasteiger partial charge in [-0.2, -0.15) is 0 Å². The first-order valence-electron chi connectivity index (χ1n) is 6.21. The van der Waals surface area contributed by atoms with Gasteiger partial charge in [-0.25, -0.2) is 4.79 Å². The number of carboxylic acid groups (broad SMARTS) is 1. The molecule has 1 aromatic carbocycles. The van der Waals surface area contributed by atoms with Crippen LogP contribution in [0.25, 0.3) is 11.3 Å². The predicted molar refractivity (Wildman–Crippen MR) is 75.2 cm³/mol. The van der Waals surface area contributed by atoms with Crippen molar-refractivity contribution in [1.82, 2.24) is 4.57 Å². The van der Waals surface area contributed by atoms with Gasteiger partial charge in [0.2, 0.25) is 0 Å². The van der Waals surface area contributed by atoms with E-state index in [9.17, 15) is 9.59 Å². The molecule has 0 atom stereocenters. The molecule has 0 fully saturated rings. The second kappa shape index (κ2) is 5.61. The Hall–Kier alpha value is -2.56. The van der Waals surface area contributed by atoms with Crippen LogP contribution in [0.1, 0.15) is 17.3 Å². The lowest BCUT2D eigenvalue weighted by Crippen LogP contribution is -2.25. The zero-order valence-electron chi connectivity index (χ0n) is 11.3. The number of ether oxygens (including phenoxy) is 1. The molecule has 0 aliphatic carbocycles. The third-order valence-electron chi connectivity index (χ3n) is 3.00. The predicted octanol–water partition coefficient (Wildman–Crippen LogP) is 2.15. The van der Waals surface area contributed by atoms with Crippen LogP contribution in [0, 0.1) is 0 Å². The van der Waals surface area contributed by atoms with Crippen molar-refractivity contribution >= 4 is 5.97 Å². The first-order valence-corrected chi connectivity index (χ1v) is 6.21. The maximum absolute atomic E-state index is 11.9. The number of carbonyl (C=O) groups is 1. The van der Waals surface area contributed by atoms with E-state index in [0.29, 0.717) is 12.3 Å². The summed E-state index contributed by atoms with van der Waals surface area (Å²) >= 11 is 0. The fourth-order valence-corrected chi connectivity index (χ4v) is 1.98. The minimum absolute atomic E-state index is 0.234. The number of aromatic nitrogens is 1. The summed E-state index contributed by atoms with van der Waals surface area (Å²) in [5.41, 5.74) is 0.721. The van der Waals surface area contributed by atoms with Crippen LogP contribution in [-0.2, 0) is 7.05 Å². The molecule has 1 heterocycles. The molecule has 104 valence electrons. The third-order valence-corrected chi connectivity index (χ3v) is 3.00. The summed E-state index contributed by atoms with van der Waals surface area (Å²) in [7, 11) is 1.56. The summed E-state index contributed by atoms with van der Waals surface area (Å²) in [6.07, 6.45) is 0. The number of hydrogen-bond donors (Lipinski definition) is 1. The average molecular weight is 273 g/mol. The maximum Gasteiger partial charge on any atom is 0.341 e. The van der Waals surface area contributed by atoms with Crippen molar-refractivity contribution in [3.05, 3.63) is 52.3 Å². The zero-order valence-corrected chi connectivity index (χ0v) is 11.3. The van der Waals surface area contributed by atoms with E-state index in [1.807, 2.05) is 31.2 Å². The molecule has 0 saturated heterocycles. The van der Waals surface area contributed by atoms with Gasteiger partial charge in [0.25, 0.3) is 5.56 Å². The summed E-state index contributed by atoms with van der Waals surface area (Å²) in [6, 6.07) is 10.3. The number of pyridine rings is 1. The Morgan fingerprint density at radius 2 is 1.85 bits per heavy atom. The van der Waals surface area contributed by atoms with Gasteiger partial charge in [-0.05, 0) is 48.9 Å². The number of benzene rings is 1. The Kier molecular flexibility index (Phi) is 3.89. The van der Waals surface area contributed by atoms with E-state index in [4.69, 9.17) is 9.84 Å². The molecule has 1 N–H and O–H groups in total. The van der Waals surface area contributed by atoms with Gasteiger partial charge in [-0.3, -0.25) is 4.79 Å². The van der Waals surface area contributed by atoms with E-state index in [0.717, 1.165) is 11.3 Å². The van der Waals surface area contributed by atoms with Crippen LogP contribution < -0.4 is 10.3 Å². The summed E-state index contributed by atoms with van der Waals surface area (Å²) in [5, 5.41) is 8.92. The van der Waals surface area contributed by atoms with Gasteiger partial charge < -0.3 is 14.4 Å². The molecule has 1 aromatic heterocycles. The second-order valence-corrected chi connectivity index (χ2v) is 4.26. The number of aromatic carboxylic acids is 1. The van der Waals surface area contributed by atoms with Crippen LogP contribution in [0.4, 0.5) is 0 Å². The Morgan fingerprint density at radius 3 is 2.40 bits per heavy atom. The summed E-state index contributed by atoms with van der Waals surface area (Å²) in [4.78, 5) is 22.8. The molecule has 0 bridgehead atoms. The van der Waals surface area contributed by atoms with E-state index >= 15 is 0 Å². The normalized spacial score (nSPS) is 10.3. The lowest BCUT2D eigenvalue weighted by molar-refractivity contribution is 0.0694. The molecule has 2 rings (SSSR count). The molecule has 2 aromatic rings. The highest BCUT2D eigenvalue weighted by Gasteiger charge is 2.12. The van der Waals surface area contributed by atoms with Gasteiger partial charge in [0.05, 0.1) is 12.3 Å². The smallest absolute Gasteiger partial charge is 0.341 e. The van der Waals surface area contributed by atoms with Crippen molar-refractivity contribution < 1.29 is 14.6 Å². The molecule has 0 unspecified atom stereocenters. The van der Waals surface area contributed by atoms with Crippen LogP contribution in [0.3, 0.4) is 0 Å². The molecule has 20 heavy (non-hydrogen) atoms. The summed E-state index contributed by atoms with van der Waals surface area (Å²) < 4.78 is 6.69. The van der Waals surface area contributed by atoms with E-state index in [1.165, 1.54) is 10.6 Å². The first-order chi connectivity index (χ1) is 9.54. The van der Waals surface area contributed by atoms with Gasteiger partial charge in [0.15, 0.2) is 0 Å². The number of hydrogen-bond acceptors (Lipinski definition) is 3. The largest absolute Gasteiger partial charge is 0.494 e. The van der Waals surface area contributed by atoms with Gasteiger partial charge in [0, 0.05) is 7.05 Å². The van der Waals surface area contributed by atoms with E-state index in [2.05, 4.69) is 0 Å². The molecule has 5 nitrogen and oxygen atoms in total. The molecule has 0 radical (unpaired) electrons. The standard InChI is InChI=1S/C15H15NO4/c1-3-20-11-6-4-10(5-7-11)13-9-8-12(15(18)19)14(17)16(13)2/h4-9H,3H2,1-2H3,(H,18,19). The van der Waals surface area contributed by atoms with E-state index in [1.54, 1.807) is 13.1 Å². The molecule has 0 aliphatic rings. The molecule has 0 amide bonds. The molecule has 0 spiro atoms. The maximum atomic E-state index is 11.9. The minimum Gasteiger partial charge on any atom is -0.494 e. The van der Waals surface area contributed by atoms with Gasteiger partial charge in [-0.1, -0.05) is 0 Å². The SMILES string of the molecule is CCOc1ccc(-c2ccc(C(=O)O)c(=O)n2C)cc1. The first kappa shape index (κ1) is 13.9. The molecular formula is C15H15NO4. The lowest BCUT2D eigenvalue weighted by Gasteiger charge is -2.10. The van der Waals surface area contributed by atoms with E-state index in [-0.39, 0.29) is 5.56 Å². The second-order valence-electron chi connectivity index (χ2n) is 4.26. The average Bonchev–Trinajstić information content (AvgIpc) is 2.43. The highest BCUT2D eigenvalue weighted by molar-refractivity contribution is 5.87. The van der Waals surface area contributed by atoms with Crippen molar-refractivity contribution in [3.63, 3.8) is 0 Å². The molecule has 0 saturated carbocycles. The molecule has 5 heteroatoms. The lowest BCUT2D eigenvalue weighted by atomic mass is 10.1. The highest BCUT2D eigenvalue weighted by atomic mass is 16.5. The van der Waals surface area contributed by atoms with Gasteiger partial charge >= 0.3 is 5.97 Å². The number of nitrogens with zero attached hydrogens (tertiary/aromatic N) is 1. The highest BCUT2D eigenvalue weighted by Crippen LogP contribution is 2.21. The Balaban J connectivity index is 2.45. The summed E-state index contributed by atoms with van der Waals surface area (Å²) in [5.74, 6) is -0.466. The summed E-state index contributed by atoms with van der Waals surface area (Å²) in [6.45, 7) is 2.49. The van der Waals surface area contributed by atoms with Crippen LogP contribution in [0.2, 0.25) is 0 Å². The van der Waals surface area contributed by atoms with Crippen molar-refractivity contribution in [1.29, 1.82) is 0 Å². The molecular weight excluding hydrogens is 258 g/mol. The Morgan fingerprint density at radius 1 is 1.20 bits per heavy atom. The van der Waals surface area contributed by atoms with E-state index < -0.39 is 11.5 Å². The zero-order chi connectivity index (χ0) is 14.7. The molecule has 0 aliphatic heterocycles. The quantitative estimate of drug-likeness (QED) is 0.926. The van der Waals surface area contributed by atoms with Crippen molar-refractivity contribution in [3.8, 4) is 17.0 Å². The fraction of sp³-hybridized carbons (Fsp3) is 0.200. The monoisotopic (exact) mass is 273 g/mol. The van der Waals surface area contributed by atoms with Crippen LogP contribution in [-0.4, -0.2) is 22.2 Å². The van der Waals surface area contributed by atoms with Crippen molar-refractivity contribution in [2.45, 2.75) is 6.92 Å². The fourth-order valence-electron chi connectivity index (χ4n) is 1.98. The van der Waals surface area contributed by atoms with Gasteiger partial charge in [0.1, 0.15) is 11.3 Å². The minimum atomic E-state index is -1.22. The van der Waals surface area contributed by atoms with Crippen molar-refractivity contribution in [2.24, 2.45) is 7.05 Å². The topological polar surface area (TPSA) is 68.5 Å². The Labute approximate surface area is 116 Å². The number of rotatable bonds is 4. The van der Waals surface area contributed by atoms with Crippen LogP contribution >= 0.6 is 0 Å². The van der Waals surface area contributed by atoms with Crippen LogP contribution in [0.15, 0.2) is 41.2 Å². The van der Waals surface area contributed by atoms with Gasteiger partial charge in [-0.15, -0.1) is 0 Å². The third kappa shape index (κ3) is 2.56. The van der Waals surface area contributed by atoms with Crippen molar-refractivity contribution in [2.75, 3.05) is 6.61 Å². The van der Waals surface area contributed by atoms with Crippen LogP contribution in [0.5, 0.6) is 5.75 Å². The number of carboxylic acids is 1. The Bertz CT molecular complexity index is 686.